The van der Waals surface area contributed by atoms with E-state index in [2.05, 4.69) is 22.3 Å². The van der Waals surface area contributed by atoms with Gasteiger partial charge in [0.15, 0.2) is 0 Å². The molecule has 0 radical (unpaired) electrons. The second-order valence-corrected chi connectivity index (χ2v) is 5.61. The van der Waals surface area contributed by atoms with Crippen molar-refractivity contribution in [3.63, 3.8) is 0 Å². The van der Waals surface area contributed by atoms with Gasteiger partial charge >= 0.3 is 11.9 Å². The summed E-state index contributed by atoms with van der Waals surface area (Å²) in [6.45, 7) is 4.30. The first kappa shape index (κ1) is 25.1. The number of hydrogen-bond acceptors (Lipinski definition) is 5. The Bertz CT molecular complexity index is 288. The fourth-order valence-corrected chi connectivity index (χ4v) is 1.95. The Balaban J connectivity index is 0. The van der Waals surface area contributed by atoms with Crippen LogP contribution in [0.25, 0.3) is 0 Å². The van der Waals surface area contributed by atoms with Crippen LogP contribution in [0.4, 0.5) is 0 Å². The van der Waals surface area contributed by atoms with Gasteiger partial charge in [-0.25, -0.2) is 0 Å². The highest BCUT2D eigenvalue weighted by atomic mass is 16.5. The van der Waals surface area contributed by atoms with Gasteiger partial charge in [0.1, 0.15) is 0 Å². The van der Waals surface area contributed by atoms with Crippen LogP contribution in [0.15, 0.2) is 0 Å². The van der Waals surface area contributed by atoms with Gasteiger partial charge in [-0.15, -0.1) is 0 Å². The van der Waals surface area contributed by atoms with Gasteiger partial charge in [0.2, 0.25) is 0 Å². The molecule has 144 valence electrons. The van der Waals surface area contributed by atoms with Crippen molar-refractivity contribution in [2.75, 3.05) is 39.9 Å². The van der Waals surface area contributed by atoms with Crippen molar-refractivity contribution < 1.29 is 24.5 Å². The lowest BCUT2D eigenvalue weighted by Crippen LogP contribution is -2.25. The van der Waals surface area contributed by atoms with Crippen LogP contribution in [0.1, 0.15) is 58.3 Å². The Morgan fingerprint density at radius 3 is 1.71 bits per heavy atom. The van der Waals surface area contributed by atoms with E-state index in [0.717, 1.165) is 13.0 Å². The van der Waals surface area contributed by atoms with E-state index in [-0.39, 0.29) is 13.1 Å². The summed E-state index contributed by atoms with van der Waals surface area (Å²) in [5.41, 5.74) is 0. The van der Waals surface area contributed by atoms with Gasteiger partial charge in [-0.05, 0) is 13.0 Å². The molecule has 0 saturated heterocycles. The third-order valence-corrected chi connectivity index (χ3v) is 3.24. The van der Waals surface area contributed by atoms with Gasteiger partial charge in [-0.2, -0.15) is 0 Å². The topological polar surface area (TPSA) is 108 Å². The predicted octanol–water partition coefficient (Wildman–Crippen LogP) is 2.11. The Morgan fingerprint density at radius 2 is 1.25 bits per heavy atom. The SMILES string of the molecule is CCCCCCCCCCNCC(=O)O.COCCNCC(=O)O. The molecule has 0 rings (SSSR count). The standard InChI is InChI=1S/C12H25NO2.C5H11NO3/c1-2-3-4-5-6-7-8-9-10-13-11-12(14)15;1-9-3-2-6-4-5(7)8/h13H,2-11H2,1H3,(H,14,15);6H,2-4H2,1H3,(H,7,8). The Morgan fingerprint density at radius 1 is 0.792 bits per heavy atom. The molecule has 0 fully saturated rings. The maximum absolute atomic E-state index is 10.2. The number of carbonyl (C=O) groups is 2. The smallest absolute Gasteiger partial charge is 0.317 e. The van der Waals surface area contributed by atoms with E-state index in [1.807, 2.05) is 0 Å². The van der Waals surface area contributed by atoms with E-state index in [4.69, 9.17) is 10.2 Å². The van der Waals surface area contributed by atoms with Gasteiger partial charge in [0.05, 0.1) is 19.7 Å². The zero-order valence-corrected chi connectivity index (χ0v) is 15.3. The van der Waals surface area contributed by atoms with Gasteiger partial charge < -0.3 is 25.6 Å². The normalized spacial score (nSPS) is 10.1. The number of nitrogens with one attached hydrogen (secondary N) is 2. The molecule has 0 atom stereocenters. The quantitative estimate of drug-likeness (QED) is 0.316. The van der Waals surface area contributed by atoms with E-state index in [1.54, 1.807) is 7.11 Å². The van der Waals surface area contributed by atoms with Crippen molar-refractivity contribution in [1.29, 1.82) is 0 Å². The Hall–Kier alpha value is -1.18. The minimum Gasteiger partial charge on any atom is -0.480 e. The summed E-state index contributed by atoms with van der Waals surface area (Å²) in [4.78, 5) is 20.0. The number of ether oxygens (including phenoxy) is 1. The summed E-state index contributed by atoms with van der Waals surface area (Å²) >= 11 is 0. The maximum Gasteiger partial charge on any atom is 0.317 e. The van der Waals surface area contributed by atoms with Gasteiger partial charge in [0, 0.05) is 13.7 Å². The summed E-state index contributed by atoms with van der Waals surface area (Å²) in [7, 11) is 1.57. The molecule has 0 bridgehead atoms. The second kappa shape index (κ2) is 21.8. The molecule has 0 aliphatic heterocycles. The van der Waals surface area contributed by atoms with Crippen LogP contribution < -0.4 is 10.6 Å². The molecule has 0 spiro atoms. The lowest BCUT2D eigenvalue weighted by atomic mass is 10.1. The molecule has 0 aromatic heterocycles. The van der Waals surface area contributed by atoms with Crippen LogP contribution in [-0.2, 0) is 14.3 Å². The van der Waals surface area contributed by atoms with E-state index >= 15 is 0 Å². The molecule has 0 heterocycles. The zero-order chi connectivity index (χ0) is 18.5. The van der Waals surface area contributed by atoms with Crippen LogP contribution in [0.3, 0.4) is 0 Å². The summed E-state index contributed by atoms with van der Waals surface area (Å²) in [5, 5.41) is 22.0. The first-order chi connectivity index (χ1) is 11.5. The highest BCUT2D eigenvalue weighted by Gasteiger charge is 1.95. The van der Waals surface area contributed by atoms with E-state index in [0.29, 0.717) is 13.2 Å². The van der Waals surface area contributed by atoms with Crippen molar-refractivity contribution in [3.8, 4) is 0 Å². The van der Waals surface area contributed by atoms with Crippen LogP contribution in [0.5, 0.6) is 0 Å². The second-order valence-electron chi connectivity index (χ2n) is 5.61. The molecular formula is C17H36N2O5. The molecule has 0 aliphatic carbocycles. The number of carboxylic acids is 2. The van der Waals surface area contributed by atoms with Crippen molar-refractivity contribution in [3.05, 3.63) is 0 Å². The fraction of sp³-hybridized carbons (Fsp3) is 0.882. The van der Waals surface area contributed by atoms with Gasteiger partial charge in [-0.3, -0.25) is 9.59 Å². The van der Waals surface area contributed by atoms with Gasteiger partial charge in [-0.1, -0.05) is 51.9 Å². The van der Waals surface area contributed by atoms with Crippen LogP contribution in [0, 0.1) is 0 Å². The van der Waals surface area contributed by atoms with Crippen LogP contribution >= 0.6 is 0 Å². The number of carboxylic acid groups (broad SMARTS) is 2. The summed E-state index contributed by atoms with van der Waals surface area (Å²) < 4.78 is 4.67. The van der Waals surface area contributed by atoms with Crippen LogP contribution in [-0.4, -0.2) is 62.0 Å². The molecule has 24 heavy (non-hydrogen) atoms. The largest absolute Gasteiger partial charge is 0.480 e. The minimum atomic E-state index is -0.842. The van der Waals surface area contributed by atoms with Gasteiger partial charge in [0.25, 0.3) is 0 Å². The van der Waals surface area contributed by atoms with E-state index in [1.165, 1.54) is 44.9 Å². The minimum absolute atomic E-state index is 0.00333. The number of unbranched alkanes of at least 4 members (excludes halogenated alkanes) is 7. The molecule has 0 aromatic carbocycles. The third-order valence-electron chi connectivity index (χ3n) is 3.24. The van der Waals surface area contributed by atoms with Crippen molar-refractivity contribution in [1.82, 2.24) is 10.6 Å². The van der Waals surface area contributed by atoms with Crippen LogP contribution in [0.2, 0.25) is 0 Å². The average Bonchev–Trinajstić information content (AvgIpc) is 2.53. The number of hydrogen-bond donors (Lipinski definition) is 4. The third kappa shape index (κ3) is 28.9. The molecule has 0 amide bonds. The maximum atomic E-state index is 10.2. The monoisotopic (exact) mass is 348 g/mol. The van der Waals surface area contributed by atoms with E-state index in [9.17, 15) is 9.59 Å². The first-order valence-electron chi connectivity index (χ1n) is 8.88. The first-order valence-corrected chi connectivity index (χ1v) is 8.88. The lowest BCUT2D eigenvalue weighted by molar-refractivity contribution is -0.137. The Kier molecular flexibility index (Phi) is 22.8. The molecule has 0 aliphatic rings. The Labute approximate surface area is 146 Å². The predicted molar refractivity (Wildman–Crippen MR) is 95.5 cm³/mol. The summed E-state index contributed by atoms with van der Waals surface area (Å²) in [6, 6.07) is 0. The molecule has 7 heteroatoms. The molecule has 0 aromatic rings. The highest BCUT2D eigenvalue weighted by Crippen LogP contribution is 2.07. The number of methoxy groups -OCH3 is 1. The highest BCUT2D eigenvalue weighted by molar-refractivity contribution is 5.69. The molecule has 4 N–H and O–H groups in total. The lowest BCUT2D eigenvalue weighted by Gasteiger charge is -2.02. The molecular weight excluding hydrogens is 312 g/mol. The summed E-state index contributed by atoms with van der Waals surface area (Å²) in [5.74, 6) is -1.61. The number of rotatable bonds is 16. The molecule has 0 unspecified atom stereocenters. The average molecular weight is 348 g/mol. The summed E-state index contributed by atoms with van der Waals surface area (Å²) in [6.07, 6.45) is 10.3. The number of aliphatic carboxylic acids is 2. The molecule has 7 nitrogen and oxygen atoms in total. The van der Waals surface area contributed by atoms with E-state index < -0.39 is 11.9 Å². The fourth-order valence-electron chi connectivity index (χ4n) is 1.95. The van der Waals surface area contributed by atoms with Crippen molar-refractivity contribution in [2.24, 2.45) is 0 Å². The van der Waals surface area contributed by atoms with Crippen molar-refractivity contribution in [2.45, 2.75) is 58.3 Å². The van der Waals surface area contributed by atoms with Crippen molar-refractivity contribution >= 4 is 11.9 Å². The molecule has 0 saturated carbocycles. The zero-order valence-electron chi connectivity index (χ0n) is 15.3.